The molecule has 0 atom stereocenters. The molecular formula is C11H18FN3. The van der Waals surface area contributed by atoms with Crippen LogP contribution in [0.25, 0.3) is 0 Å². The van der Waals surface area contributed by atoms with Crippen LogP contribution < -0.4 is 5.73 Å². The van der Waals surface area contributed by atoms with E-state index in [1.165, 1.54) is 0 Å². The zero-order valence-corrected chi connectivity index (χ0v) is 9.33. The van der Waals surface area contributed by atoms with Gasteiger partial charge in [0.1, 0.15) is 5.67 Å². The lowest BCUT2D eigenvalue weighted by Gasteiger charge is -2.39. The summed E-state index contributed by atoms with van der Waals surface area (Å²) < 4.78 is 15.8. The van der Waals surface area contributed by atoms with Gasteiger partial charge in [-0.25, -0.2) is 4.39 Å². The van der Waals surface area contributed by atoms with Crippen molar-refractivity contribution in [3.05, 3.63) is 17.5 Å². The fourth-order valence-electron chi connectivity index (χ4n) is 2.26. The standard InChI is InChI=1S/C11H18FN3/c1-3-9-4-10(15(2)14-9)7-11(12)5-8(13)6-11/h4,8H,3,5-7,13H2,1-2H3. The minimum Gasteiger partial charge on any atom is -0.327 e. The molecule has 0 saturated heterocycles. The second kappa shape index (κ2) is 3.59. The molecule has 2 rings (SSSR count). The number of hydrogen-bond donors (Lipinski definition) is 1. The number of rotatable bonds is 3. The van der Waals surface area contributed by atoms with Crippen molar-refractivity contribution < 1.29 is 4.39 Å². The summed E-state index contributed by atoms with van der Waals surface area (Å²) in [7, 11) is 1.87. The lowest BCUT2D eigenvalue weighted by atomic mass is 9.75. The van der Waals surface area contributed by atoms with Crippen LogP contribution in [-0.4, -0.2) is 21.5 Å². The topological polar surface area (TPSA) is 43.8 Å². The number of hydrogen-bond acceptors (Lipinski definition) is 2. The number of aryl methyl sites for hydroxylation is 2. The molecule has 1 aliphatic rings. The van der Waals surface area contributed by atoms with E-state index in [0.29, 0.717) is 19.3 Å². The van der Waals surface area contributed by atoms with Crippen LogP contribution in [0.15, 0.2) is 6.07 Å². The van der Waals surface area contributed by atoms with Gasteiger partial charge in [0.15, 0.2) is 0 Å². The Hall–Kier alpha value is -0.900. The molecule has 1 heterocycles. The molecule has 4 heteroatoms. The van der Waals surface area contributed by atoms with Crippen LogP contribution in [0.1, 0.15) is 31.2 Å². The molecule has 84 valence electrons. The minimum absolute atomic E-state index is 0.0499. The van der Waals surface area contributed by atoms with E-state index in [1.807, 2.05) is 13.1 Å². The quantitative estimate of drug-likeness (QED) is 0.820. The molecule has 15 heavy (non-hydrogen) atoms. The SMILES string of the molecule is CCc1cc(CC2(F)CC(N)C2)n(C)n1. The van der Waals surface area contributed by atoms with E-state index < -0.39 is 5.67 Å². The molecule has 1 aliphatic carbocycles. The monoisotopic (exact) mass is 211 g/mol. The van der Waals surface area contributed by atoms with Crippen molar-refractivity contribution in [2.75, 3.05) is 0 Å². The van der Waals surface area contributed by atoms with Gasteiger partial charge in [-0.15, -0.1) is 0 Å². The lowest BCUT2D eigenvalue weighted by Crippen LogP contribution is -2.49. The molecule has 0 aromatic carbocycles. The highest BCUT2D eigenvalue weighted by atomic mass is 19.1. The lowest BCUT2D eigenvalue weighted by molar-refractivity contribution is 0.0426. The van der Waals surface area contributed by atoms with Gasteiger partial charge in [0, 0.05) is 25.2 Å². The van der Waals surface area contributed by atoms with Crippen molar-refractivity contribution in [2.24, 2.45) is 12.8 Å². The van der Waals surface area contributed by atoms with Gasteiger partial charge in [0.2, 0.25) is 0 Å². The Bertz CT molecular complexity index is 353. The number of halogens is 1. The van der Waals surface area contributed by atoms with Gasteiger partial charge in [0.05, 0.1) is 5.69 Å². The molecule has 1 fully saturated rings. The van der Waals surface area contributed by atoms with Gasteiger partial charge < -0.3 is 5.73 Å². The average molecular weight is 211 g/mol. The maximum Gasteiger partial charge on any atom is 0.119 e. The number of aromatic nitrogens is 2. The summed E-state index contributed by atoms with van der Waals surface area (Å²) in [5, 5.41) is 4.31. The van der Waals surface area contributed by atoms with E-state index in [-0.39, 0.29) is 6.04 Å². The molecule has 1 aromatic heterocycles. The first-order valence-corrected chi connectivity index (χ1v) is 5.49. The summed E-state index contributed by atoms with van der Waals surface area (Å²) in [5.41, 5.74) is 6.53. The van der Waals surface area contributed by atoms with E-state index >= 15 is 0 Å². The first-order chi connectivity index (χ1) is 7.02. The molecule has 2 N–H and O–H groups in total. The predicted molar refractivity (Wildman–Crippen MR) is 57.3 cm³/mol. The fraction of sp³-hybridized carbons (Fsp3) is 0.727. The summed E-state index contributed by atoms with van der Waals surface area (Å²) in [6.07, 6.45) is 2.32. The zero-order chi connectivity index (χ0) is 11.1. The Morgan fingerprint density at radius 1 is 1.67 bits per heavy atom. The summed E-state index contributed by atoms with van der Waals surface area (Å²) in [6, 6.07) is 2.04. The van der Waals surface area contributed by atoms with Crippen LogP contribution in [-0.2, 0) is 19.9 Å². The molecule has 0 amide bonds. The molecule has 0 bridgehead atoms. The first-order valence-electron chi connectivity index (χ1n) is 5.49. The van der Waals surface area contributed by atoms with Gasteiger partial charge in [-0.1, -0.05) is 6.92 Å². The van der Waals surface area contributed by atoms with E-state index in [2.05, 4.69) is 12.0 Å². The van der Waals surface area contributed by atoms with E-state index in [4.69, 9.17) is 5.73 Å². The Kier molecular flexibility index (Phi) is 2.54. The number of nitrogens with two attached hydrogens (primary N) is 1. The normalized spacial score (nSPS) is 30.3. The highest BCUT2D eigenvalue weighted by Gasteiger charge is 2.43. The van der Waals surface area contributed by atoms with Crippen molar-refractivity contribution in [1.29, 1.82) is 0 Å². The maximum absolute atomic E-state index is 14.0. The number of alkyl halides is 1. The van der Waals surface area contributed by atoms with Gasteiger partial charge in [-0.05, 0) is 25.3 Å². The smallest absolute Gasteiger partial charge is 0.119 e. The molecule has 0 radical (unpaired) electrons. The van der Waals surface area contributed by atoms with Gasteiger partial charge >= 0.3 is 0 Å². The van der Waals surface area contributed by atoms with Gasteiger partial charge in [0.25, 0.3) is 0 Å². The van der Waals surface area contributed by atoms with E-state index in [9.17, 15) is 4.39 Å². The second-order valence-electron chi connectivity index (χ2n) is 4.60. The van der Waals surface area contributed by atoms with Crippen LogP contribution >= 0.6 is 0 Å². The third-order valence-electron chi connectivity index (χ3n) is 3.14. The summed E-state index contributed by atoms with van der Waals surface area (Å²) in [5.74, 6) is 0. The van der Waals surface area contributed by atoms with Crippen molar-refractivity contribution in [2.45, 2.75) is 44.3 Å². The van der Waals surface area contributed by atoms with Crippen LogP contribution in [0.2, 0.25) is 0 Å². The highest BCUT2D eigenvalue weighted by molar-refractivity contribution is 5.15. The van der Waals surface area contributed by atoms with Crippen molar-refractivity contribution >= 4 is 0 Å². The van der Waals surface area contributed by atoms with Crippen molar-refractivity contribution in [1.82, 2.24) is 9.78 Å². The van der Waals surface area contributed by atoms with Crippen LogP contribution in [0.4, 0.5) is 4.39 Å². The molecule has 3 nitrogen and oxygen atoms in total. The maximum atomic E-state index is 14.0. The highest BCUT2D eigenvalue weighted by Crippen LogP contribution is 2.37. The van der Waals surface area contributed by atoms with Crippen LogP contribution in [0.5, 0.6) is 0 Å². The van der Waals surface area contributed by atoms with E-state index in [1.54, 1.807) is 4.68 Å². The summed E-state index contributed by atoms with van der Waals surface area (Å²) >= 11 is 0. The summed E-state index contributed by atoms with van der Waals surface area (Å²) in [4.78, 5) is 0. The zero-order valence-electron chi connectivity index (χ0n) is 9.33. The molecule has 1 aromatic rings. The number of nitrogens with zero attached hydrogens (tertiary/aromatic N) is 2. The van der Waals surface area contributed by atoms with Gasteiger partial charge in [-0.3, -0.25) is 4.68 Å². The Morgan fingerprint density at radius 3 is 2.80 bits per heavy atom. The van der Waals surface area contributed by atoms with Crippen molar-refractivity contribution in [3.63, 3.8) is 0 Å². The van der Waals surface area contributed by atoms with E-state index in [0.717, 1.165) is 17.8 Å². The van der Waals surface area contributed by atoms with Crippen LogP contribution in [0.3, 0.4) is 0 Å². The molecule has 0 unspecified atom stereocenters. The van der Waals surface area contributed by atoms with Gasteiger partial charge in [-0.2, -0.15) is 5.10 Å². The van der Waals surface area contributed by atoms with Crippen molar-refractivity contribution in [3.8, 4) is 0 Å². The average Bonchev–Trinajstić information content (AvgIpc) is 2.45. The molecular weight excluding hydrogens is 193 g/mol. The predicted octanol–water partition coefficient (Wildman–Crippen LogP) is 1.35. The Morgan fingerprint density at radius 2 is 2.33 bits per heavy atom. The fourth-order valence-corrected chi connectivity index (χ4v) is 2.26. The Labute approximate surface area is 89.5 Å². The largest absolute Gasteiger partial charge is 0.327 e. The Balaban J connectivity index is 2.07. The minimum atomic E-state index is -1.09. The third kappa shape index (κ3) is 2.04. The second-order valence-corrected chi connectivity index (χ2v) is 4.60. The first kappa shape index (κ1) is 10.6. The van der Waals surface area contributed by atoms with Crippen LogP contribution in [0, 0.1) is 0 Å². The third-order valence-corrected chi connectivity index (χ3v) is 3.14. The molecule has 0 spiro atoms. The molecule has 0 aliphatic heterocycles. The summed E-state index contributed by atoms with van der Waals surface area (Å²) in [6.45, 7) is 2.05. The molecule has 1 saturated carbocycles.